The number of aliphatic hydroxyl groups excluding tert-OH is 3. The molecule has 106 heavy (non-hydrogen) atoms. The fourth-order valence-corrected chi connectivity index (χ4v) is 16.9. The summed E-state index contributed by atoms with van der Waals surface area (Å²) in [5.74, 6) is -9.24. The van der Waals surface area contributed by atoms with Crippen LogP contribution in [0.4, 0.5) is 0 Å². The van der Waals surface area contributed by atoms with Crippen molar-refractivity contribution in [2.24, 2.45) is 34.8 Å². The fourth-order valence-electron chi connectivity index (χ4n) is 15.0. The first-order chi connectivity index (χ1) is 50.5. The molecule has 11 amide bonds. The molecule has 5 fully saturated rings. The monoisotopic (exact) mass is 1530 g/mol. The minimum absolute atomic E-state index is 0.00125. The summed E-state index contributed by atoms with van der Waals surface area (Å²) in [7, 11) is 0. The van der Waals surface area contributed by atoms with Crippen LogP contribution < -0.4 is 80.2 Å². The van der Waals surface area contributed by atoms with Gasteiger partial charge >= 0.3 is 5.97 Å². The number of fused-ring (bicyclic) bond motifs is 3. The van der Waals surface area contributed by atoms with Gasteiger partial charge in [0.2, 0.25) is 65.0 Å². The Morgan fingerprint density at radius 3 is 1.58 bits per heavy atom. The Labute approximate surface area is 630 Å². The van der Waals surface area contributed by atoms with Crippen molar-refractivity contribution in [3.63, 3.8) is 0 Å². The number of carboxylic acid groups (broad SMARTS) is 1. The Morgan fingerprint density at radius 2 is 1.06 bits per heavy atom. The Balaban J connectivity index is 1.22. The lowest BCUT2D eigenvalue weighted by Gasteiger charge is -2.34. The van der Waals surface area contributed by atoms with Gasteiger partial charge < -0.3 is 101 Å². The summed E-state index contributed by atoms with van der Waals surface area (Å²) in [5.41, 5.74) is 6.84. The van der Waals surface area contributed by atoms with Crippen molar-refractivity contribution in [1.82, 2.24) is 74.4 Å². The molecule has 4 heterocycles. The average Bonchev–Trinajstić information content (AvgIpc) is 1.64. The number of aliphatic carboxylic acids is 1. The summed E-state index contributed by atoms with van der Waals surface area (Å²) in [4.78, 5) is 172. The van der Waals surface area contributed by atoms with Gasteiger partial charge in [-0.25, -0.2) is 0 Å². The third-order valence-electron chi connectivity index (χ3n) is 21.1. The van der Waals surface area contributed by atoms with Crippen LogP contribution in [0.1, 0.15) is 188 Å². The quantitative estimate of drug-likeness (QED) is 0.0935. The van der Waals surface area contributed by atoms with Crippen molar-refractivity contribution in [2.75, 3.05) is 37.8 Å². The number of rotatable bonds is 17. The summed E-state index contributed by atoms with van der Waals surface area (Å²) in [6, 6.07) is -6.47. The lowest BCUT2D eigenvalue weighted by molar-refractivity contribution is -0.139. The molecule has 7 rings (SSSR count). The number of carboxylic acids is 1. The van der Waals surface area contributed by atoms with Crippen LogP contribution in [0.2, 0.25) is 0 Å². The van der Waals surface area contributed by atoms with Gasteiger partial charge in [0, 0.05) is 55.1 Å². The third-order valence-corrected chi connectivity index (χ3v) is 23.3. The summed E-state index contributed by atoms with van der Waals surface area (Å²) in [6.45, 7) is 12.1. The van der Waals surface area contributed by atoms with Crippen molar-refractivity contribution in [1.29, 1.82) is 0 Å². The second-order valence-corrected chi connectivity index (χ2v) is 33.0. The first kappa shape index (κ1) is 86.5. The Bertz CT molecular complexity index is 3130. The number of piperidine rings is 1. The summed E-state index contributed by atoms with van der Waals surface area (Å²) >= 11 is 2.83. The molecule has 6 aliphatic rings. The molecule has 1 aromatic rings. The van der Waals surface area contributed by atoms with E-state index in [0.717, 1.165) is 30.5 Å². The molecule has 3 saturated heterocycles. The van der Waals surface area contributed by atoms with Crippen LogP contribution in [0.15, 0.2) is 24.3 Å². The second-order valence-electron chi connectivity index (χ2n) is 30.9. The predicted octanol–water partition coefficient (Wildman–Crippen LogP) is -0.492. The largest absolute Gasteiger partial charge is 0.481 e. The van der Waals surface area contributed by atoms with E-state index in [2.05, 4.69) is 74.4 Å². The molecule has 31 nitrogen and oxygen atoms in total. The first-order valence-electron chi connectivity index (χ1n) is 38.2. The van der Waals surface area contributed by atoms with E-state index < -0.39 is 168 Å². The zero-order valence-corrected chi connectivity index (χ0v) is 64.0. The van der Waals surface area contributed by atoms with Crippen molar-refractivity contribution in [2.45, 2.75) is 279 Å². The number of hydrogen-bond acceptors (Lipinski definition) is 21. The highest BCUT2D eigenvalue weighted by Gasteiger charge is 2.44. The van der Waals surface area contributed by atoms with Crippen LogP contribution >= 0.6 is 23.5 Å². The highest BCUT2D eigenvalue weighted by molar-refractivity contribution is 7.98. The number of amides is 11. The molecular formula is C73H119N15O16S2. The number of carbonyl (C=O) groups excluding carboxylic acids is 11. The first-order valence-corrected chi connectivity index (χ1v) is 40.5. The molecule has 4 aliphatic heterocycles. The maximum absolute atomic E-state index is 15.1. The molecule has 594 valence electrons. The maximum Gasteiger partial charge on any atom is 0.303 e. The number of hydrogen-bond donors (Lipinski definition) is 19. The molecule has 0 aromatic heterocycles. The van der Waals surface area contributed by atoms with Gasteiger partial charge in [-0.2, -0.15) is 23.5 Å². The molecule has 0 spiro atoms. The van der Waals surface area contributed by atoms with Crippen LogP contribution in [0.3, 0.4) is 0 Å². The van der Waals surface area contributed by atoms with Gasteiger partial charge in [0.05, 0.1) is 24.5 Å². The predicted molar refractivity (Wildman–Crippen MR) is 400 cm³/mol. The zero-order chi connectivity index (χ0) is 77.2. The van der Waals surface area contributed by atoms with E-state index in [-0.39, 0.29) is 93.0 Å². The standard InChI is InChI=1S/C73H119N15O16S2/c1-7-11-50-64(96)81-52(24-25-59(93)94)66(98)82-53(30-41-16-20-47(90)21-17-41)67(99)79-51(12-8-2)65(97)86-57(62(74)95)38-106-37-44-14-9-13-43(29-44)36-105-28-26-58(92)87-61(73(4,5)6)72(104)85-54(31-42-18-22-48(91)23-19-42)68(100)83-56(33-46-35-75-39-78-46)70(102)88-60(40(3)89)71(103)84-55(69(101)80-50)32-45-34-77-63-49(45)15-10-27-76-63/h9,13-14,29,40-42,45-57,60-61,63,75-78,89-91H,7-8,10-12,15-28,30-39H2,1-6H3,(H2,74,95)(H,79,99)(H,80,101)(H,81,96)(H,82,98)(H,83,100)(H,84,103)(H,85,104)(H,86,97)(H,87,92)(H,88,102)(H,93,94)/t40-,41?,42?,45?,46?,47?,48?,49?,50+,51+,52+,53+,54+,55+,56+,57+,60+,61-,63?/m1/s1. The van der Waals surface area contributed by atoms with Crippen LogP contribution in [0.25, 0.3) is 0 Å². The van der Waals surface area contributed by atoms with E-state index in [1.165, 1.54) is 30.4 Å². The highest BCUT2D eigenvalue weighted by Crippen LogP contribution is 2.33. The zero-order valence-electron chi connectivity index (χ0n) is 62.4. The van der Waals surface area contributed by atoms with Gasteiger partial charge in [0.15, 0.2) is 0 Å². The Kier molecular flexibility index (Phi) is 35.0. The molecular weight excluding hydrogens is 1410 g/mol. The minimum atomic E-state index is -1.76. The topological polar surface area (TPSA) is 480 Å². The van der Waals surface area contributed by atoms with Crippen LogP contribution in [0, 0.1) is 29.1 Å². The molecule has 33 heteroatoms. The number of aliphatic hydroxyl groups is 3. The SMILES string of the molecule is CCC[C@@H]1NC(=O)[C@H](CC2CCC(O)CC2)NC(=O)[C@H](CCC(=O)O)NC(=O)[C@H](CCC)NC(=O)[C@H](CC2CNC3NCCCC23)NC(=O)[C@H]([C@@H](C)O)NC(=O)[C@H](CC2CNCN2)NC(=O)[C@H](CC2CCC(O)CC2)NC(=O)[C@H](C(C)(C)C)NC(=O)CCSCc2cccc(c2)CSC[C@@H](C(N)=O)NC1=O. The number of thioether (sulfide) groups is 2. The molecule has 2 aliphatic carbocycles. The second kappa shape index (κ2) is 42.9. The van der Waals surface area contributed by atoms with Gasteiger partial charge in [-0.3, -0.25) is 57.5 Å². The number of nitrogens with one attached hydrogen (secondary N) is 14. The lowest BCUT2D eigenvalue weighted by Crippen LogP contribution is -2.63. The van der Waals surface area contributed by atoms with Crippen molar-refractivity contribution >= 4 is 94.5 Å². The highest BCUT2D eigenvalue weighted by atomic mass is 32.2. The Morgan fingerprint density at radius 1 is 0.566 bits per heavy atom. The van der Waals surface area contributed by atoms with E-state index in [1.807, 2.05) is 24.3 Å². The maximum atomic E-state index is 15.1. The van der Waals surface area contributed by atoms with Crippen LogP contribution in [0.5, 0.6) is 0 Å². The number of benzene rings is 1. The summed E-state index contributed by atoms with van der Waals surface area (Å²) in [6.07, 6.45) is 2.38. The van der Waals surface area contributed by atoms with Gasteiger partial charge in [-0.15, -0.1) is 0 Å². The molecule has 4 unspecified atom stereocenters. The van der Waals surface area contributed by atoms with Crippen LogP contribution in [-0.2, 0) is 69.0 Å². The smallest absolute Gasteiger partial charge is 0.303 e. The minimum Gasteiger partial charge on any atom is -0.481 e. The van der Waals surface area contributed by atoms with Gasteiger partial charge in [-0.05, 0) is 169 Å². The molecule has 1 aromatic carbocycles. The van der Waals surface area contributed by atoms with E-state index in [9.17, 15) is 68.4 Å². The molecule has 2 saturated carbocycles. The number of carbonyl (C=O) groups is 12. The number of nitrogens with two attached hydrogens (primary N) is 1. The molecule has 15 atom stereocenters. The van der Waals surface area contributed by atoms with Gasteiger partial charge in [-0.1, -0.05) is 71.7 Å². The molecule has 20 N–H and O–H groups in total. The molecule has 0 radical (unpaired) electrons. The third kappa shape index (κ3) is 27.7. The van der Waals surface area contributed by atoms with Crippen molar-refractivity contribution in [3.05, 3.63) is 35.4 Å². The van der Waals surface area contributed by atoms with Crippen LogP contribution in [-0.4, -0.2) is 220 Å². The summed E-state index contributed by atoms with van der Waals surface area (Å²) < 4.78 is 0. The fraction of sp³-hybridized carbons (Fsp3) is 0.753. The lowest BCUT2D eigenvalue weighted by atomic mass is 9.82. The average molecular weight is 1530 g/mol. The van der Waals surface area contributed by atoms with Gasteiger partial charge in [0.25, 0.3) is 0 Å². The van der Waals surface area contributed by atoms with E-state index in [0.29, 0.717) is 94.8 Å². The number of primary amides is 1. The molecule has 2 bridgehead atoms. The van der Waals surface area contributed by atoms with Crippen molar-refractivity contribution in [3.8, 4) is 0 Å². The van der Waals surface area contributed by atoms with E-state index in [1.54, 1.807) is 34.6 Å². The Hall–Kier alpha value is -6.72. The van der Waals surface area contributed by atoms with E-state index >= 15 is 9.59 Å². The normalized spacial score (nSPS) is 32.5. The summed E-state index contributed by atoms with van der Waals surface area (Å²) in [5, 5.41) is 83.5. The van der Waals surface area contributed by atoms with E-state index in [4.69, 9.17) is 5.73 Å². The van der Waals surface area contributed by atoms with Crippen molar-refractivity contribution < 1.29 is 78.0 Å². The van der Waals surface area contributed by atoms with Gasteiger partial charge in [0.1, 0.15) is 60.4 Å².